The molecule has 1 fully saturated rings. The maximum atomic E-state index is 14.2. The molecule has 0 unspecified atom stereocenters. The molecule has 4 aromatic rings. The van der Waals surface area contributed by atoms with Gasteiger partial charge in [-0.05, 0) is 54.1 Å². The van der Waals surface area contributed by atoms with E-state index in [0.717, 1.165) is 11.4 Å². The lowest BCUT2D eigenvalue weighted by atomic mass is 10.00. The Morgan fingerprint density at radius 1 is 0.872 bits per heavy atom. The van der Waals surface area contributed by atoms with Crippen molar-refractivity contribution in [3.63, 3.8) is 0 Å². The first-order chi connectivity index (χ1) is 18.7. The molecule has 0 radical (unpaired) electrons. The van der Waals surface area contributed by atoms with Crippen LogP contribution in [0.5, 0.6) is 17.2 Å². The molecule has 1 saturated heterocycles. The van der Waals surface area contributed by atoms with Crippen LogP contribution in [0.3, 0.4) is 0 Å². The van der Waals surface area contributed by atoms with E-state index in [-0.39, 0.29) is 34.4 Å². The molecule has 1 aliphatic heterocycles. The number of halogens is 3. The first kappa shape index (κ1) is 26.4. The molecule has 39 heavy (non-hydrogen) atoms. The molecule has 10 heteroatoms. The van der Waals surface area contributed by atoms with Crippen molar-refractivity contribution in [1.82, 2.24) is 4.90 Å². The molecule has 0 atom stereocenters. The van der Waals surface area contributed by atoms with Gasteiger partial charge in [-0.15, -0.1) is 0 Å². The van der Waals surface area contributed by atoms with Gasteiger partial charge in [0.15, 0.2) is 0 Å². The Hall–Kier alpha value is -4.18. The quantitative estimate of drug-likeness (QED) is 0.345. The average Bonchev–Trinajstić information content (AvgIpc) is 2.94. The fourth-order valence-electron chi connectivity index (χ4n) is 4.86. The Kier molecular flexibility index (Phi) is 7.14. The molecular weight excluding hydrogens is 513 g/mol. The van der Waals surface area contributed by atoms with E-state index in [4.69, 9.17) is 13.9 Å². The minimum atomic E-state index is -4.94. The van der Waals surface area contributed by atoms with Gasteiger partial charge in [0.25, 0.3) is 0 Å². The smallest absolute Gasteiger partial charge is 0.450 e. The monoisotopic (exact) mass is 540 g/mol. The van der Waals surface area contributed by atoms with Crippen LogP contribution in [-0.4, -0.2) is 50.4 Å². The highest BCUT2D eigenvalue weighted by atomic mass is 19.4. The van der Waals surface area contributed by atoms with Gasteiger partial charge in [-0.1, -0.05) is 12.1 Å². The van der Waals surface area contributed by atoms with Crippen molar-refractivity contribution in [2.75, 3.05) is 45.3 Å². The third-order valence-corrected chi connectivity index (χ3v) is 6.97. The minimum absolute atomic E-state index is 0.0292. The lowest BCUT2D eigenvalue weighted by Gasteiger charge is -2.36. The van der Waals surface area contributed by atoms with E-state index >= 15 is 0 Å². The largest absolute Gasteiger partial charge is 0.507 e. The molecule has 0 aliphatic carbocycles. The van der Waals surface area contributed by atoms with Crippen LogP contribution >= 0.6 is 0 Å². The highest BCUT2D eigenvalue weighted by molar-refractivity contribution is 5.87. The van der Waals surface area contributed by atoms with Crippen molar-refractivity contribution in [3.8, 4) is 28.4 Å². The van der Waals surface area contributed by atoms with Crippen LogP contribution in [0.4, 0.5) is 18.9 Å². The number of fused-ring (bicyclic) bond motifs is 1. The molecule has 7 nitrogen and oxygen atoms in total. The highest BCUT2D eigenvalue weighted by Gasteiger charge is 2.40. The second-order valence-electron chi connectivity index (χ2n) is 9.26. The summed E-state index contributed by atoms with van der Waals surface area (Å²) in [7, 11) is 3.05. The van der Waals surface area contributed by atoms with Crippen molar-refractivity contribution < 1.29 is 32.2 Å². The predicted octanol–water partition coefficient (Wildman–Crippen LogP) is 5.52. The van der Waals surface area contributed by atoms with E-state index in [0.29, 0.717) is 31.9 Å². The third-order valence-electron chi connectivity index (χ3n) is 6.97. The summed E-state index contributed by atoms with van der Waals surface area (Å²) in [5, 5.41) is 10.6. The van der Waals surface area contributed by atoms with E-state index in [9.17, 15) is 23.1 Å². The van der Waals surface area contributed by atoms with Gasteiger partial charge in [0.2, 0.25) is 11.2 Å². The summed E-state index contributed by atoms with van der Waals surface area (Å²) in [6.45, 7) is 2.68. The van der Waals surface area contributed by atoms with Crippen LogP contribution < -0.4 is 19.8 Å². The van der Waals surface area contributed by atoms with Gasteiger partial charge in [0.1, 0.15) is 22.8 Å². The summed E-state index contributed by atoms with van der Waals surface area (Å²) in [4.78, 5) is 17.7. The van der Waals surface area contributed by atoms with Gasteiger partial charge < -0.3 is 23.9 Å². The number of benzene rings is 3. The summed E-state index contributed by atoms with van der Waals surface area (Å²) in [6, 6.07) is 16.1. The Bertz CT molecular complexity index is 1520. The third kappa shape index (κ3) is 5.24. The number of phenols is 1. The number of alkyl halides is 3. The molecule has 1 N–H and O–H groups in total. The van der Waals surface area contributed by atoms with Gasteiger partial charge in [0.05, 0.1) is 30.7 Å². The number of anilines is 1. The number of nitrogens with zero attached hydrogens (tertiary/aromatic N) is 2. The molecule has 3 aromatic carbocycles. The van der Waals surface area contributed by atoms with Crippen molar-refractivity contribution in [2.24, 2.45) is 0 Å². The predicted molar refractivity (Wildman–Crippen MR) is 142 cm³/mol. The van der Waals surface area contributed by atoms with E-state index in [1.807, 2.05) is 29.2 Å². The Morgan fingerprint density at radius 3 is 2.03 bits per heavy atom. The van der Waals surface area contributed by atoms with Gasteiger partial charge in [-0.25, -0.2) is 0 Å². The fourth-order valence-corrected chi connectivity index (χ4v) is 4.86. The maximum Gasteiger partial charge on any atom is 0.450 e. The maximum absolute atomic E-state index is 14.2. The minimum Gasteiger partial charge on any atom is -0.507 e. The van der Waals surface area contributed by atoms with Gasteiger partial charge in [0, 0.05) is 38.4 Å². The van der Waals surface area contributed by atoms with E-state index in [2.05, 4.69) is 4.90 Å². The number of rotatable bonds is 6. The van der Waals surface area contributed by atoms with Crippen LogP contribution in [-0.2, 0) is 12.7 Å². The Balaban J connectivity index is 1.48. The summed E-state index contributed by atoms with van der Waals surface area (Å²) in [6.07, 6.45) is -4.94. The molecule has 204 valence electrons. The number of methoxy groups -OCH3 is 2. The Morgan fingerprint density at radius 2 is 1.46 bits per heavy atom. The van der Waals surface area contributed by atoms with Crippen LogP contribution in [0.2, 0.25) is 0 Å². The van der Waals surface area contributed by atoms with Gasteiger partial charge >= 0.3 is 6.18 Å². The summed E-state index contributed by atoms with van der Waals surface area (Å²) >= 11 is 0. The van der Waals surface area contributed by atoms with Crippen molar-refractivity contribution in [1.29, 1.82) is 0 Å². The molecule has 0 bridgehead atoms. The summed E-state index contributed by atoms with van der Waals surface area (Å²) in [5.74, 6) is -0.426. The summed E-state index contributed by atoms with van der Waals surface area (Å²) in [5.41, 5.74) is -0.420. The second kappa shape index (κ2) is 10.5. The standard InChI is InChI=1S/C29H27F3N2O5/c1-37-20-7-3-18(4-8-20)25-26(36)22-11-12-24(35)23(27(22)39-28(25)29(30,31)32)17-33-13-15-34(16-14-33)19-5-9-21(38-2)10-6-19/h3-12,35H,13-17H2,1-2H3. The SMILES string of the molecule is COc1ccc(-c2c(C(F)(F)F)oc3c(CN4CCN(c5ccc(OC)cc5)CC4)c(O)ccc3c2=O)cc1. The number of piperazine rings is 1. The molecule has 1 aromatic heterocycles. The zero-order valence-corrected chi connectivity index (χ0v) is 21.4. The number of phenolic OH excluding ortho intramolecular Hbond substituents is 1. The van der Waals surface area contributed by atoms with Crippen molar-refractivity contribution in [2.45, 2.75) is 12.7 Å². The second-order valence-corrected chi connectivity index (χ2v) is 9.26. The molecule has 1 aliphatic rings. The fraction of sp³-hybridized carbons (Fsp3) is 0.276. The average molecular weight is 541 g/mol. The van der Waals surface area contributed by atoms with Crippen LogP contribution in [0.1, 0.15) is 11.3 Å². The topological polar surface area (TPSA) is 75.4 Å². The number of hydrogen-bond acceptors (Lipinski definition) is 7. The molecule has 2 heterocycles. The van der Waals surface area contributed by atoms with Crippen LogP contribution in [0.15, 0.2) is 69.9 Å². The summed E-state index contributed by atoms with van der Waals surface area (Å²) < 4.78 is 58.3. The van der Waals surface area contributed by atoms with Gasteiger partial charge in [-0.3, -0.25) is 9.69 Å². The zero-order valence-electron chi connectivity index (χ0n) is 21.4. The number of hydrogen-bond donors (Lipinski definition) is 1. The Labute approximate surface area is 222 Å². The van der Waals surface area contributed by atoms with E-state index < -0.39 is 22.9 Å². The zero-order chi connectivity index (χ0) is 27.7. The highest BCUT2D eigenvalue weighted by Crippen LogP contribution is 2.39. The van der Waals surface area contributed by atoms with Crippen LogP contribution in [0, 0.1) is 0 Å². The number of ether oxygens (including phenoxy) is 2. The molecule has 0 saturated carbocycles. The first-order valence-electron chi connectivity index (χ1n) is 12.3. The van der Waals surface area contributed by atoms with E-state index in [1.165, 1.54) is 43.5 Å². The number of aromatic hydroxyl groups is 1. The first-order valence-corrected chi connectivity index (χ1v) is 12.3. The molecule has 0 spiro atoms. The van der Waals surface area contributed by atoms with Gasteiger partial charge in [-0.2, -0.15) is 13.2 Å². The van der Waals surface area contributed by atoms with E-state index in [1.54, 1.807) is 7.11 Å². The van der Waals surface area contributed by atoms with Crippen molar-refractivity contribution >= 4 is 16.7 Å². The lowest BCUT2D eigenvalue weighted by molar-refractivity contribution is -0.152. The lowest BCUT2D eigenvalue weighted by Crippen LogP contribution is -2.46. The molecule has 5 rings (SSSR count). The molecular formula is C29H27F3N2O5. The van der Waals surface area contributed by atoms with Crippen LogP contribution in [0.25, 0.3) is 22.1 Å². The van der Waals surface area contributed by atoms with Crippen molar-refractivity contribution in [3.05, 3.63) is 82.2 Å². The molecule has 0 amide bonds. The normalized spacial score (nSPS) is 14.5.